The van der Waals surface area contributed by atoms with Crippen molar-refractivity contribution in [1.29, 1.82) is 0 Å². The number of likely N-dealkylation sites (tertiary alicyclic amines) is 1. The van der Waals surface area contributed by atoms with Crippen LogP contribution in [0.5, 0.6) is 0 Å². The predicted molar refractivity (Wildman–Crippen MR) is 86.8 cm³/mol. The first-order valence-corrected chi connectivity index (χ1v) is 7.64. The van der Waals surface area contributed by atoms with E-state index in [1.54, 1.807) is 12.2 Å². The molecule has 0 unspecified atom stereocenters. The standard InChI is InChI=1S/C18H24N2O/c1-2-3-5-10-18(21)19-17-11-13-20(14-12-17)15-16-8-6-4-7-9-16/h2-10,17H,11-15H2,1H3,(H,19,21). The molecule has 1 aliphatic heterocycles. The Morgan fingerprint density at radius 1 is 1.24 bits per heavy atom. The summed E-state index contributed by atoms with van der Waals surface area (Å²) in [6, 6.07) is 10.9. The SMILES string of the molecule is CC=CC=CC(=O)NC1CCN(Cc2ccccc2)CC1. The second-order valence-corrected chi connectivity index (χ2v) is 5.43. The van der Waals surface area contributed by atoms with Crippen molar-refractivity contribution in [3.05, 3.63) is 60.2 Å². The number of nitrogens with zero attached hydrogens (tertiary/aromatic N) is 1. The van der Waals surface area contributed by atoms with E-state index in [4.69, 9.17) is 0 Å². The second kappa shape index (κ2) is 8.42. The Hall–Kier alpha value is -1.87. The molecule has 0 atom stereocenters. The maximum atomic E-state index is 11.7. The van der Waals surface area contributed by atoms with E-state index in [1.165, 1.54) is 5.56 Å². The minimum absolute atomic E-state index is 0.00890. The van der Waals surface area contributed by atoms with Gasteiger partial charge in [-0.1, -0.05) is 48.6 Å². The van der Waals surface area contributed by atoms with Crippen LogP contribution in [-0.2, 0) is 11.3 Å². The molecule has 1 aromatic rings. The van der Waals surface area contributed by atoms with Crippen LogP contribution in [0.2, 0.25) is 0 Å². The Kier molecular flexibility index (Phi) is 6.22. The molecule has 21 heavy (non-hydrogen) atoms. The van der Waals surface area contributed by atoms with E-state index in [0.717, 1.165) is 32.5 Å². The number of rotatable bonds is 5. The summed E-state index contributed by atoms with van der Waals surface area (Å²) in [5.74, 6) is 0.00890. The number of piperidine rings is 1. The average molecular weight is 284 g/mol. The van der Waals surface area contributed by atoms with Crippen molar-refractivity contribution in [1.82, 2.24) is 10.2 Å². The van der Waals surface area contributed by atoms with Gasteiger partial charge < -0.3 is 5.32 Å². The Morgan fingerprint density at radius 3 is 2.62 bits per heavy atom. The number of hydrogen-bond acceptors (Lipinski definition) is 2. The van der Waals surface area contributed by atoms with Gasteiger partial charge in [-0.3, -0.25) is 9.69 Å². The summed E-state index contributed by atoms with van der Waals surface area (Å²) >= 11 is 0. The first kappa shape index (κ1) is 15.5. The lowest BCUT2D eigenvalue weighted by Crippen LogP contribution is -2.43. The Bertz CT molecular complexity index is 485. The molecule has 1 heterocycles. The van der Waals surface area contributed by atoms with Crippen LogP contribution >= 0.6 is 0 Å². The molecular formula is C18H24N2O. The highest BCUT2D eigenvalue weighted by Crippen LogP contribution is 2.13. The van der Waals surface area contributed by atoms with Gasteiger partial charge in [-0.15, -0.1) is 0 Å². The van der Waals surface area contributed by atoms with Crippen LogP contribution in [0.3, 0.4) is 0 Å². The average Bonchev–Trinajstić information content (AvgIpc) is 2.51. The van der Waals surface area contributed by atoms with Crippen molar-refractivity contribution in [2.75, 3.05) is 13.1 Å². The van der Waals surface area contributed by atoms with E-state index in [1.807, 2.05) is 25.1 Å². The molecule has 0 aromatic heterocycles. The molecule has 3 heteroatoms. The molecule has 0 saturated carbocycles. The van der Waals surface area contributed by atoms with Gasteiger partial charge in [0.1, 0.15) is 0 Å². The zero-order valence-electron chi connectivity index (χ0n) is 12.7. The molecule has 1 aromatic carbocycles. The maximum absolute atomic E-state index is 11.7. The lowest BCUT2D eigenvalue weighted by molar-refractivity contribution is -0.117. The fourth-order valence-electron chi connectivity index (χ4n) is 2.58. The summed E-state index contributed by atoms with van der Waals surface area (Å²) < 4.78 is 0. The van der Waals surface area contributed by atoms with Gasteiger partial charge >= 0.3 is 0 Å². The highest BCUT2D eigenvalue weighted by molar-refractivity contribution is 5.87. The van der Waals surface area contributed by atoms with Crippen molar-refractivity contribution in [2.45, 2.75) is 32.4 Å². The van der Waals surface area contributed by atoms with E-state index in [-0.39, 0.29) is 5.91 Å². The molecule has 1 fully saturated rings. The minimum atomic E-state index is 0.00890. The highest BCUT2D eigenvalue weighted by Gasteiger charge is 2.19. The Balaban J connectivity index is 1.72. The smallest absolute Gasteiger partial charge is 0.244 e. The second-order valence-electron chi connectivity index (χ2n) is 5.43. The monoisotopic (exact) mass is 284 g/mol. The van der Waals surface area contributed by atoms with Crippen molar-refractivity contribution in [2.24, 2.45) is 0 Å². The fourth-order valence-corrected chi connectivity index (χ4v) is 2.58. The van der Waals surface area contributed by atoms with Gasteiger partial charge in [-0.25, -0.2) is 0 Å². The summed E-state index contributed by atoms with van der Waals surface area (Å²) in [6.07, 6.45) is 9.19. The van der Waals surface area contributed by atoms with Gasteiger partial charge in [0.2, 0.25) is 5.91 Å². The van der Waals surface area contributed by atoms with Gasteiger partial charge in [0.05, 0.1) is 0 Å². The van der Waals surface area contributed by atoms with Crippen LogP contribution in [-0.4, -0.2) is 29.9 Å². The maximum Gasteiger partial charge on any atom is 0.244 e. The normalized spacial score (nSPS) is 17.6. The lowest BCUT2D eigenvalue weighted by atomic mass is 10.0. The number of amides is 1. The van der Waals surface area contributed by atoms with Crippen LogP contribution in [0, 0.1) is 0 Å². The van der Waals surface area contributed by atoms with E-state index < -0.39 is 0 Å². The summed E-state index contributed by atoms with van der Waals surface area (Å²) in [5, 5.41) is 3.08. The summed E-state index contributed by atoms with van der Waals surface area (Å²) in [4.78, 5) is 14.2. The molecule has 1 saturated heterocycles. The number of hydrogen-bond donors (Lipinski definition) is 1. The first-order chi connectivity index (χ1) is 10.3. The van der Waals surface area contributed by atoms with Crippen LogP contribution in [0.15, 0.2) is 54.6 Å². The molecule has 112 valence electrons. The van der Waals surface area contributed by atoms with Crippen molar-refractivity contribution < 1.29 is 4.79 Å². The molecule has 0 spiro atoms. The molecule has 1 aliphatic rings. The van der Waals surface area contributed by atoms with E-state index in [0.29, 0.717) is 6.04 Å². The van der Waals surface area contributed by atoms with Crippen LogP contribution in [0.25, 0.3) is 0 Å². The summed E-state index contributed by atoms with van der Waals surface area (Å²) in [7, 11) is 0. The number of carbonyl (C=O) groups excluding carboxylic acids is 1. The molecule has 1 amide bonds. The van der Waals surface area contributed by atoms with Crippen molar-refractivity contribution >= 4 is 5.91 Å². The van der Waals surface area contributed by atoms with Gasteiger partial charge in [0.15, 0.2) is 0 Å². The largest absolute Gasteiger partial charge is 0.350 e. The molecule has 0 bridgehead atoms. The summed E-state index contributed by atoms with van der Waals surface area (Å²) in [5.41, 5.74) is 1.36. The third kappa shape index (κ3) is 5.56. The molecule has 3 nitrogen and oxygen atoms in total. The molecule has 0 radical (unpaired) electrons. The van der Waals surface area contributed by atoms with Crippen molar-refractivity contribution in [3.8, 4) is 0 Å². The van der Waals surface area contributed by atoms with Gasteiger partial charge in [-0.05, 0) is 25.3 Å². The zero-order chi connectivity index (χ0) is 14.9. The third-order valence-corrected chi connectivity index (χ3v) is 3.73. The van der Waals surface area contributed by atoms with E-state index >= 15 is 0 Å². The lowest BCUT2D eigenvalue weighted by Gasteiger charge is -2.32. The van der Waals surface area contributed by atoms with Crippen LogP contribution in [0.4, 0.5) is 0 Å². The zero-order valence-corrected chi connectivity index (χ0v) is 12.7. The number of nitrogens with one attached hydrogen (secondary N) is 1. The van der Waals surface area contributed by atoms with Crippen LogP contribution in [0.1, 0.15) is 25.3 Å². The molecular weight excluding hydrogens is 260 g/mol. The molecule has 0 aliphatic carbocycles. The van der Waals surface area contributed by atoms with E-state index in [9.17, 15) is 4.79 Å². The molecule has 1 N–H and O–H groups in total. The highest BCUT2D eigenvalue weighted by atomic mass is 16.1. The van der Waals surface area contributed by atoms with Crippen LogP contribution < -0.4 is 5.32 Å². The first-order valence-electron chi connectivity index (χ1n) is 7.64. The Labute approximate surface area is 127 Å². The summed E-state index contributed by atoms with van der Waals surface area (Å²) in [6.45, 7) is 5.02. The topological polar surface area (TPSA) is 32.3 Å². The molecule has 2 rings (SSSR count). The van der Waals surface area contributed by atoms with E-state index in [2.05, 4.69) is 34.5 Å². The fraction of sp³-hybridized carbons (Fsp3) is 0.389. The van der Waals surface area contributed by atoms with Gasteiger partial charge in [-0.2, -0.15) is 0 Å². The Morgan fingerprint density at radius 2 is 1.95 bits per heavy atom. The quantitative estimate of drug-likeness (QED) is 0.666. The number of benzene rings is 1. The number of carbonyl (C=O) groups is 1. The van der Waals surface area contributed by atoms with Gasteiger partial charge in [0.25, 0.3) is 0 Å². The van der Waals surface area contributed by atoms with Crippen molar-refractivity contribution in [3.63, 3.8) is 0 Å². The minimum Gasteiger partial charge on any atom is -0.350 e. The van der Waals surface area contributed by atoms with Gasteiger partial charge in [0, 0.05) is 31.8 Å². The number of allylic oxidation sites excluding steroid dienone is 3. The predicted octanol–water partition coefficient (Wildman–Crippen LogP) is 2.90. The third-order valence-electron chi connectivity index (χ3n) is 3.73.